The van der Waals surface area contributed by atoms with E-state index in [0.717, 1.165) is 43.8 Å². The number of esters is 1. The molecule has 0 aliphatic carbocycles. The lowest BCUT2D eigenvalue weighted by Gasteiger charge is -2.27. The number of fused-ring (bicyclic) bond motifs is 1. The molecule has 168 valence electrons. The molecule has 32 heavy (non-hydrogen) atoms. The van der Waals surface area contributed by atoms with Crippen LogP contribution in [-0.2, 0) is 11.3 Å². The van der Waals surface area contributed by atoms with Crippen molar-refractivity contribution in [2.24, 2.45) is 0 Å². The molecule has 4 rings (SSSR count). The van der Waals surface area contributed by atoms with Gasteiger partial charge in [0.05, 0.1) is 40.1 Å². The summed E-state index contributed by atoms with van der Waals surface area (Å²) in [6, 6.07) is 10.8. The van der Waals surface area contributed by atoms with Gasteiger partial charge in [-0.3, -0.25) is 9.88 Å². The maximum Gasteiger partial charge on any atom is 0.343 e. The number of aromatic nitrogens is 1. The number of methoxy groups -OCH3 is 3. The van der Waals surface area contributed by atoms with E-state index < -0.39 is 5.97 Å². The Labute approximate surface area is 186 Å². The Kier molecular flexibility index (Phi) is 6.72. The summed E-state index contributed by atoms with van der Waals surface area (Å²) < 4.78 is 27.2. The van der Waals surface area contributed by atoms with E-state index in [1.165, 1.54) is 21.3 Å². The zero-order chi connectivity index (χ0) is 22.5. The molecule has 0 atom stereocenters. The van der Waals surface area contributed by atoms with Crippen molar-refractivity contribution in [3.8, 4) is 23.0 Å². The Morgan fingerprint density at radius 3 is 2.38 bits per heavy atom. The van der Waals surface area contributed by atoms with Crippen LogP contribution < -0.4 is 18.9 Å². The average molecular weight is 438 g/mol. The quantitative estimate of drug-likeness (QED) is 0.411. The minimum absolute atomic E-state index is 0.279. The number of nitrogens with zero attached hydrogens (tertiary/aromatic N) is 2. The molecule has 0 bridgehead atoms. The summed E-state index contributed by atoms with van der Waals surface area (Å²) in [6.45, 7) is 4.03. The molecule has 8 nitrogen and oxygen atoms in total. The van der Waals surface area contributed by atoms with Gasteiger partial charge < -0.3 is 23.7 Å². The second-order valence-corrected chi connectivity index (χ2v) is 7.31. The molecular weight excluding hydrogens is 412 g/mol. The van der Waals surface area contributed by atoms with Crippen LogP contribution in [0.25, 0.3) is 10.9 Å². The number of morpholine rings is 1. The van der Waals surface area contributed by atoms with Gasteiger partial charge in [0, 0.05) is 31.2 Å². The van der Waals surface area contributed by atoms with Gasteiger partial charge in [-0.2, -0.15) is 0 Å². The first-order valence-corrected chi connectivity index (χ1v) is 10.3. The fourth-order valence-electron chi connectivity index (χ4n) is 3.78. The fraction of sp³-hybridized carbons (Fsp3) is 0.333. The van der Waals surface area contributed by atoms with Crippen molar-refractivity contribution in [3.63, 3.8) is 0 Å². The number of hydrogen-bond donors (Lipinski definition) is 0. The van der Waals surface area contributed by atoms with Gasteiger partial charge in [-0.05, 0) is 29.8 Å². The molecule has 1 aliphatic rings. The highest BCUT2D eigenvalue weighted by atomic mass is 16.5. The summed E-state index contributed by atoms with van der Waals surface area (Å²) in [5.74, 6) is 1.01. The van der Waals surface area contributed by atoms with Crippen molar-refractivity contribution in [1.29, 1.82) is 0 Å². The Bertz CT molecular complexity index is 1090. The van der Waals surface area contributed by atoms with E-state index in [-0.39, 0.29) is 5.56 Å². The molecule has 0 radical (unpaired) electrons. The van der Waals surface area contributed by atoms with Crippen molar-refractivity contribution in [3.05, 3.63) is 53.7 Å². The zero-order valence-electron chi connectivity index (χ0n) is 18.4. The van der Waals surface area contributed by atoms with Crippen molar-refractivity contribution in [1.82, 2.24) is 9.88 Å². The van der Waals surface area contributed by atoms with Crippen LogP contribution >= 0.6 is 0 Å². The summed E-state index contributed by atoms with van der Waals surface area (Å²) in [4.78, 5) is 19.8. The van der Waals surface area contributed by atoms with Crippen molar-refractivity contribution in [2.45, 2.75) is 6.54 Å². The molecule has 0 saturated carbocycles. The molecule has 1 aromatic heterocycles. The third-order valence-electron chi connectivity index (χ3n) is 5.42. The SMILES string of the molecule is COc1cc(C(=O)Oc2ccc(CN3CCOCC3)c3cccnc23)cc(OC)c1OC. The normalized spacial score (nSPS) is 14.2. The molecule has 1 saturated heterocycles. The van der Waals surface area contributed by atoms with E-state index in [1.54, 1.807) is 24.4 Å². The first-order valence-electron chi connectivity index (χ1n) is 10.3. The molecule has 2 heterocycles. The second-order valence-electron chi connectivity index (χ2n) is 7.31. The van der Waals surface area contributed by atoms with Gasteiger partial charge in [0.25, 0.3) is 0 Å². The summed E-state index contributed by atoms with van der Waals surface area (Å²) in [6.07, 6.45) is 1.69. The van der Waals surface area contributed by atoms with E-state index in [4.69, 9.17) is 23.7 Å². The summed E-state index contributed by atoms with van der Waals surface area (Å²) >= 11 is 0. The lowest BCUT2D eigenvalue weighted by atomic mass is 10.1. The zero-order valence-corrected chi connectivity index (χ0v) is 18.4. The van der Waals surface area contributed by atoms with Gasteiger partial charge >= 0.3 is 5.97 Å². The Hall–Kier alpha value is -3.36. The first-order chi connectivity index (χ1) is 15.6. The van der Waals surface area contributed by atoms with E-state index in [9.17, 15) is 4.79 Å². The van der Waals surface area contributed by atoms with Crippen LogP contribution in [0, 0.1) is 0 Å². The lowest BCUT2D eigenvalue weighted by molar-refractivity contribution is 0.0343. The highest BCUT2D eigenvalue weighted by Crippen LogP contribution is 2.38. The monoisotopic (exact) mass is 438 g/mol. The topological polar surface area (TPSA) is 79.4 Å². The van der Waals surface area contributed by atoms with E-state index in [0.29, 0.717) is 28.5 Å². The molecule has 0 N–H and O–H groups in total. The highest BCUT2D eigenvalue weighted by molar-refractivity contribution is 5.96. The second kappa shape index (κ2) is 9.84. The maximum absolute atomic E-state index is 13.0. The molecule has 0 spiro atoms. The van der Waals surface area contributed by atoms with E-state index in [2.05, 4.69) is 9.88 Å². The number of carbonyl (C=O) groups excluding carboxylic acids is 1. The van der Waals surface area contributed by atoms with Crippen molar-refractivity contribution < 1.29 is 28.5 Å². The largest absolute Gasteiger partial charge is 0.493 e. The van der Waals surface area contributed by atoms with Gasteiger partial charge in [-0.1, -0.05) is 12.1 Å². The highest BCUT2D eigenvalue weighted by Gasteiger charge is 2.20. The van der Waals surface area contributed by atoms with Crippen LogP contribution in [0.15, 0.2) is 42.6 Å². The predicted octanol–water partition coefficient (Wildman–Crippen LogP) is 3.31. The first kappa shape index (κ1) is 21.9. The van der Waals surface area contributed by atoms with Crippen molar-refractivity contribution >= 4 is 16.9 Å². The Morgan fingerprint density at radius 1 is 1.00 bits per heavy atom. The maximum atomic E-state index is 13.0. The van der Waals surface area contributed by atoms with Gasteiger partial charge in [0.15, 0.2) is 17.2 Å². The third kappa shape index (κ3) is 4.46. The van der Waals surface area contributed by atoms with Crippen LogP contribution in [0.5, 0.6) is 23.0 Å². The molecule has 1 aliphatic heterocycles. The number of hydrogen-bond acceptors (Lipinski definition) is 8. The summed E-state index contributed by atoms with van der Waals surface area (Å²) in [7, 11) is 4.50. The number of rotatable bonds is 7. The standard InChI is InChI=1S/C24H26N2O6/c1-28-20-13-17(14-21(29-2)23(20)30-3)24(27)32-19-7-6-16(15-26-9-11-31-12-10-26)18-5-4-8-25-22(18)19/h4-8,13-14H,9-12,15H2,1-3H3. The Morgan fingerprint density at radius 2 is 1.72 bits per heavy atom. The summed E-state index contributed by atoms with van der Waals surface area (Å²) in [5.41, 5.74) is 2.04. The number of carbonyl (C=O) groups is 1. The van der Waals surface area contributed by atoms with Crippen LogP contribution in [0.1, 0.15) is 15.9 Å². The molecule has 8 heteroatoms. The van der Waals surface area contributed by atoms with Crippen LogP contribution in [0.4, 0.5) is 0 Å². The van der Waals surface area contributed by atoms with Crippen LogP contribution in [0.3, 0.4) is 0 Å². The van der Waals surface area contributed by atoms with Crippen LogP contribution in [-0.4, -0.2) is 63.5 Å². The van der Waals surface area contributed by atoms with Gasteiger partial charge in [0.1, 0.15) is 5.52 Å². The summed E-state index contributed by atoms with van der Waals surface area (Å²) in [5, 5.41) is 0.953. The van der Waals surface area contributed by atoms with Gasteiger partial charge in [0.2, 0.25) is 5.75 Å². The van der Waals surface area contributed by atoms with Crippen LogP contribution in [0.2, 0.25) is 0 Å². The molecule has 0 amide bonds. The molecule has 2 aromatic carbocycles. The number of pyridine rings is 1. The minimum Gasteiger partial charge on any atom is -0.493 e. The van der Waals surface area contributed by atoms with Crippen molar-refractivity contribution in [2.75, 3.05) is 47.6 Å². The Balaban J connectivity index is 1.63. The predicted molar refractivity (Wildman–Crippen MR) is 119 cm³/mol. The average Bonchev–Trinajstić information content (AvgIpc) is 2.85. The minimum atomic E-state index is -0.544. The smallest absolute Gasteiger partial charge is 0.343 e. The lowest BCUT2D eigenvalue weighted by Crippen LogP contribution is -2.35. The number of ether oxygens (including phenoxy) is 5. The molecule has 3 aromatic rings. The van der Waals surface area contributed by atoms with Gasteiger partial charge in [-0.15, -0.1) is 0 Å². The van der Waals surface area contributed by atoms with E-state index >= 15 is 0 Å². The molecular formula is C24H26N2O6. The third-order valence-corrected chi connectivity index (χ3v) is 5.42. The fourth-order valence-corrected chi connectivity index (χ4v) is 3.78. The van der Waals surface area contributed by atoms with Gasteiger partial charge in [-0.25, -0.2) is 4.79 Å². The van der Waals surface area contributed by atoms with E-state index in [1.807, 2.05) is 18.2 Å². The molecule has 1 fully saturated rings. The number of benzene rings is 2. The molecule has 0 unspecified atom stereocenters.